The van der Waals surface area contributed by atoms with Crippen molar-refractivity contribution in [2.75, 3.05) is 7.11 Å². The molecular weight excluding hydrogens is 300 g/mol. The molecule has 5 heteroatoms. The molecule has 0 atom stereocenters. The lowest BCUT2D eigenvalue weighted by atomic mass is 10.2. The lowest BCUT2D eigenvalue weighted by Gasteiger charge is -2.21. The fourth-order valence-electron chi connectivity index (χ4n) is 2.51. The zero-order valence-corrected chi connectivity index (χ0v) is 13.7. The SMILES string of the molecule is COc1ccnc(CN(Cc2ccccn2)Cc2ccccn2)c1. The van der Waals surface area contributed by atoms with Gasteiger partial charge in [-0.3, -0.25) is 19.9 Å². The molecule has 0 aliphatic heterocycles. The van der Waals surface area contributed by atoms with Gasteiger partial charge >= 0.3 is 0 Å². The summed E-state index contributed by atoms with van der Waals surface area (Å²) in [5.74, 6) is 0.815. The molecular formula is C19H20N4O. The molecule has 0 fully saturated rings. The molecule has 3 aromatic heterocycles. The van der Waals surface area contributed by atoms with Gasteiger partial charge in [-0.15, -0.1) is 0 Å². The Kier molecular flexibility index (Phi) is 5.48. The van der Waals surface area contributed by atoms with E-state index in [2.05, 4.69) is 19.9 Å². The summed E-state index contributed by atoms with van der Waals surface area (Å²) in [6, 6.07) is 15.7. The molecule has 0 aliphatic carbocycles. The van der Waals surface area contributed by atoms with Crippen molar-refractivity contribution >= 4 is 0 Å². The van der Waals surface area contributed by atoms with Gasteiger partial charge in [0.2, 0.25) is 0 Å². The molecule has 0 radical (unpaired) electrons. The predicted octanol–water partition coefficient (Wildman–Crippen LogP) is 3.08. The quantitative estimate of drug-likeness (QED) is 0.669. The zero-order valence-electron chi connectivity index (χ0n) is 13.7. The van der Waals surface area contributed by atoms with Gasteiger partial charge < -0.3 is 4.74 Å². The molecule has 0 N–H and O–H groups in total. The minimum atomic E-state index is 0.699. The summed E-state index contributed by atoms with van der Waals surface area (Å²) in [5, 5.41) is 0. The number of hydrogen-bond acceptors (Lipinski definition) is 5. The summed E-state index contributed by atoms with van der Waals surface area (Å²) < 4.78 is 5.29. The first kappa shape index (κ1) is 16.1. The van der Waals surface area contributed by atoms with Gasteiger partial charge in [0, 0.05) is 44.3 Å². The van der Waals surface area contributed by atoms with Crippen molar-refractivity contribution in [2.24, 2.45) is 0 Å². The number of methoxy groups -OCH3 is 1. The second-order valence-electron chi connectivity index (χ2n) is 5.47. The van der Waals surface area contributed by atoms with Gasteiger partial charge in [-0.2, -0.15) is 0 Å². The average molecular weight is 320 g/mol. The van der Waals surface area contributed by atoms with Crippen LogP contribution in [-0.4, -0.2) is 27.0 Å². The molecule has 122 valence electrons. The Morgan fingerprint density at radius 3 is 1.88 bits per heavy atom. The average Bonchev–Trinajstić information content (AvgIpc) is 2.63. The van der Waals surface area contributed by atoms with Crippen LogP contribution in [0.1, 0.15) is 17.1 Å². The van der Waals surface area contributed by atoms with Crippen LogP contribution in [0.15, 0.2) is 67.1 Å². The molecule has 0 amide bonds. The maximum absolute atomic E-state index is 5.29. The third-order valence-electron chi connectivity index (χ3n) is 3.63. The van der Waals surface area contributed by atoms with Crippen molar-refractivity contribution in [1.29, 1.82) is 0 Å². The van der Waals surface area contributed by atoms with Crippen molar-refractivity contribution in [2.45, 2.75) is 19.6 Å². The van der Waals surface area contributed by atoms with Gasteiger partial charge in [-0.25, -0.2) is 0 Å². The van der Waals surface area contributed by atoms with Crippen LogP contribution in [0.2, 0.25) is 0 Å². The molecule has 3 aromatic rings. The fraction of sp³-hybridized carbons (Fsp3) is 0.211. The van der Waals surface area contributed by atoms with Gasteiger partial charge in [-0.1, -0.05) is 12.1 Å². The number of rotatable bonds is 7. The van der Waals surface area contributed by atoms with Gasteiger partial charge in [-0.05, 0) is 30.3 Å². The van der Waals surface area contributed by atoms with Crippen LogP contribution >= 0.6 is 0 Å². The van der Waals surface area contributed by atoms with E-state index in [0.29, 0.717) is 6.54 Å². The van der Waals surface area contributed by atoms with Crippen molar-refractivity contribution in [3.05, 3.63) is 84.2 Å². The topological polar surface area (TPSA) is 51.1 Å². The van der Waals surface area contributed by atoms with Crippen LogP contribution in [0.25, 0.3) is 0 Å². The Morgan fingerprint density at radius 1 is 0.750 bits per heavy atom. The first-order valence-electron chi connectivity index (χ1n) is 7.84. The summed E-state index contributed by atoms with van der Waals surface area (Å²) in [7, 11) is 1.67. The number of ether oxygens (including phenoxy) is 1. The van der Waals surface area contributed by atoms with E-state index in [-0.39, 0.29) is 0 Å². The first-order chi connectivity index (χ1) is 11.8. The summed E-state index contributed by atoms with van der Waals surface area (Å²) in [4.78, 5) is 15.6. The van der Waals surface area contributed by atoms with E-state index in [1.165, 1.54) is 0 Å². The Hall–Kier alpha value is -2.79. The van der Waals surface area contributed by atoms with Crippen LogP contribution in [0.3, 0.4) is 0 Å². The maximum atomic E-state index is 5.29. The zero-order chi connectivity index (χ0) is 16.6. The molecule has 24 heavy (non-hydrogen) atoms. The second-order valence-corrected chi connectivity index (χ2v) is 5.47. The number of pyridine rings is 3. The first-order valence-corrected chi connectivity index (χ1v) is 7.84. The highest BCUT2D eigenvalue weighted by Crippen LogP contribution is 2.15. The number of hydrogen-bond donors (Lipinski definition) is 0. The minimum absolute atomic E-state index is 0.699. The Morgan fingerprint density at radius 2 is 1.33 bits per heavy atom. The highest BCUT2D eigenvalue weighted by molar-refractivity contribution is 5.22. The number of nitrogens with zero attached hydrogens (tertiary/aromatic N) is 4. The molecule has 5 nitrogen and oxygen atoms in total. The number of aromatic nitrogens is 3. The molecule has 3 heterocycles. The fourth-order valence-corrected chi connectivity index (χ4v) is 2.51. The molecule has 0 aliphatic rings. The summed E-state index contributed by atoms with van der Waals surface area (Å²) in [6.07, 6.45) is 5.41. The monoisotopic (exact) mass is 320 g/mol. The molecule has 0 spiro atoms. The van der Waals surface area contributed by atoms with Crippen LogP contribution in [0.5, 0.6) is 5.75 Å². The maximum Gasteiger partial charge on any atom is 0.122 e. The van der Waals surface area contributed by atoms with Crippen molar-refractivity contribution in [3.8, 4) is 5.75 Å². The smallest absolute Gasteiger partial charge is 0.122 e. The van der Waals surface area contributed by atoms with Crippen LogP contribution < -0.4 is 4.74 Å². The standard InChI is InChI=1S/C19H20N4O/c1-24-19-8-11-22-18(12-19)15-23(13-16-6-2-4-9-20-16)14-17-7-3-5-10-21-17/h2-12H,13-15H2,1H3. The van der Waals surface area contributed by atoms with E-state index in [0.717, 1.165) is 35.9 Å². The van der Waals surface area contributed by atoms with E-state index < -0.39 is 0 Å². The molecule has 0 bridgehead atoms. The van der Waals surface area contributed by atoms with Crippen molar-refractivity contribution in [3.63, 3.8) is 0 Å². The third kappa shape index (κ3) is 4.60. The van der Waals surface area contributed by atoms with Crippen LogP contribution in [-0.2, 0) is 19.6 Å². The lowest BCUT2D eigenvalue weighted by Crippen LogP contribution is -2.24. The van der Waals surface area contributed by atoms with E-state index in [4.69, 9.17) is 4.74 Å². The van der Waals surface area contributed by atoms with Gasteiger partial charge in [0.1, 0.15) is 5.75 Å². The van der Waals surface area contributed by atoms with Gasteiger partial charge in [0.25, 0.3) is 0 Å². The minimum Gasteiger partial charge on any atom is -0.497 e. The summed E-state index contributed by atoms with van der Waals surface area (Å²) in [5.41, 5.74) is 3.01. The highest BCUT2D eigenvalue weighted by atomic mass is 16.5. The van der Waals surface area contributed by atoms with Crippen LogP contribution in [0, 0.1) is 0 Å². The second kappa shape index (κ2) is 8.17. The van der Waals surface area contributed by atoms with E-state index in [9.17, 15) is 0 Å². The molecule has 0 saturated carbocycles. The van der Waals surface area contributed by atoms with Crippen molar-refractivity contribution in [1.82, 2.24) is 19.9 Å². The Labute approximate surface area is 142 Å². The van der Waals surface area contributed by atoms with Crippen molar-refractivity contribution < 1.29 is 4.74 Å². The predicted molar refractivity (Wildman–Crippen MR) is 92.2 cm³/mol. The molecule has 0 aromatic carbocycles. The molecule has 3 rings (SSSR count). The summed E-state index contributed by atoms with van der Waals surface area (Å²) >= 11 is 0. The van der Waals surface area contributed by atoms with E-state index in [1.807, 2.05) is 60.9 Å². The molecule has 0 saturated heterocycles. The third-order valence-corrected chi connectivity index (χ3v) is 3.63. The van der Waals surface area contributed by atoms with E-state index in [1.54, 1.807) is 13.3 Å². The Bertz CT molecular complexity index is 708. The normalized spacial score (nSPS) is 10.8. The van der Waals surface area contributed by atoms with Gasteiger partial charge in [0.05, 0.1) is 24.2 Å². The largest absolute Gasteiger partial charge is 0.497 e. The Balaban J connectivity index is 1.78. The highest BCUT2D eigenvalue weighted by Gasteiger charge is 2.11. The summed E-state index contributed by atoms with van der Waals surface area (Å²) in [6.45, 7) is 2.16. The van der Waals surface area contributed by atoms with Gasteiger partial charge in [0.15, 0.2) is 0 Å². The van der Waals surface area contributed by atoms with Crippen LogP contribution in [0.4, 0.5) is 0 Å². The van der Waals surface area contributed by atoms with E-state index >= 15 is 0 Å². The molecule has 0 unspecified atom stereocenters. The lowest BCUT2D eigenvalue weighted by molar-refractivity contribution is 0.238.